The van der Waals surface area contributed by atoms with Crippen molar-refractivity contribution >= 4 is 5.91 Å². The van der Waals surface area contributed by atoms with Gasteiger partial charge in [-0.05, 0) is 57.5 Å². The van der Waals surface area contributed by atoms with Crippen molar-refractivity contribution in [3.05, 3.63) is 59.5 Å². The number of piperidine rings is 1. The van der Waals surface area contributed by atoms with Crippen molar-refractivity contribution < 1.29 is 9.21 Å². The second-order valence-corrected chi connectivity index (χ2v) is 6.70. The lowest BCUT2D eigenvalue weighted by Gasteiger charge is -2.31. The third-order valence-corrected chi connectivity index (χ3v) is 4.79. The molecule has 128 valence electrons. The van der Waals surface area contributed by atoms with Crippen molar-refractivity contribution in [3.63, 3.8) is 0 Å². The molecular formula is C20H26N2O2. The standard InChI is InChI=1S/C20H26N2O2/c1-15-8-9-19(24-15)14-22-12-10-18(11-13-22)20(23)21-16(2)17-6-4-3-5-7-17/h3-9,16,18H,10-14H2,1-2H3,(H,21,23)/t16-/m1/s1. The monoisotopic (exact) mass is 326 g/mol. The van der Waals surface area contributed by atoms with Crippen LogP contribution >= 0.6 is 0 Å². The summed E-state index contributed by atoms with van der Waals surface area (Å²) in [6, 6.07) is 14.2. The maximum Gasteiger partial charge on any atom is 0.223 e. The highest BCUT2D eigenvalue weighted by Crippen LogP contribution is 2.21. The molecule has 1 aromatic carbocycles. The molecule has 0 spiro atoms. The molecule has 1 amide bonds. The van der Waals surface area contributed by atoms with Gasteiger partial charge in [-0.25, -0.2) is 0 Å². The van der Waals surface area contributed by atoms with Crippen LogP contribution in [0.5, 0.6) is 0 Å². The lowest BCUT2D eigenvalue weighted by molar-refractivity contribution is -0.127. The van der Waals surface area contributed by atoms with Gasteiger partial charge in [0.15, 0.2) is 0 Å². The van der Waals surface area contributed by atoms with Crippen molar-refractivity contribution in [2.24, 2.45) is 5.92 Å². The minimum atomic E-state index is 0.0582. The molecule has 0 radical (unpaired) electrons. The van der Waals surface area contributed by atoms with Crippen molar-refractivity contribution in [2.75, 3.05) is 13.1 Å². The molecule has 0 unspecified atom stereocenters. The van der Waals surface area contributed by atoms with Crippen molar-refractivity contribution in [1.82, 2.24) is 10.2 Å². The Morgan fingerprint density at radius 3 is 2.54 bits per heavy atom. The Morgan fingerprint density at radius 2 is 1.92 bits per heavy atom. The maximum atomic E-state index is 12.5. The van der Waals surface area contributed by atoms with E-state index in [4.69, 9.17) is 4.42 Å². The lowest BCUT2D eigenvalue weighted by Crippen LogP contribution is -2.40. The Bertz CT molecular complexity index is 657. The molecule has 1 saturated heterocycles. The molecule has 0 bridgehead atoms. The highest BCUT2D eigenvalue weighted by Gasteiger charge is 2.26. The predicted octanol–water partition coefficient (Wildman–Crippen LogP) is 3.68. The van der Waals surface area contributed by atoms with Crippen LogP contribution in [0.2, 0.25) is 0 Å². The minimum Gasteiger partial charge on any atom is -0.465 e. The molecular weight excluding hydrogens is 300 g/mol. The number of carbonyl (C=O) groups is 1. The number of nitrogens with zero attached hydrogens (tertiary/aromatic N) is 1. The average molecular weight is 326 g/mol. The van der Waals surface area contributed by atoms with Gasteiger partial charge in [-0.1, -0.05) is 30.3 Å². The van der Waals surface area contributed by atoms with Gasteiger partial charge >= 0.3 is 0 Å². The van der Waals surface area contributed by atoms with Crippen LogP contribution < -0.4 is 5.32 Å². The van der Waals surface area contributed by atoms with Gasteiger partial charge < -0.3 is 9.73 Å². The molecule has 1 aliphatic rings. The first kappa shape index (κ1) is 16.8. The lowest BCUT2D eigenvalue weighted by atomic mass is 9.95. The van der Waals surface area contributed by atoms with E-state index in [1.54, 1.807) is 0 Å². The first-order chi connectivity index (χ1) is 11.6. The SMILES string of the molecule is Cc1ccc(CN2CCC(C(=O)N[C@H](C)c3ccccc3)CC2)o1. The fourth-order valence-electron chi connectivity index (χ4n) is 3.30. The number of furan rings is 1. The van der Waals surface area contributed by atoms with E-state index in [0.29, 0.717) is 0 Å². The number of likely N-dealkylation sites (tertiary alicyclic amines) is 1. The maximum absolute atomic E-state index is 12.5. The molecule has 1 N–H and O–H groups in total. The van der Waals surface area contributed by atoms with E-state index < -0.39 is 0 Å². The van der Waals surface area contributed by atoms with E-state index in [-0.39, 0.29) is 17.9 Å². The smallest absolute Gasteiger partial charge is 0.223 e. The zero-order chi connectivity index (χ0) is 16.9. The summed E-state index contributed by atoms with van der Waals surface area (Å²) in [4.78, 5) is 14.9. The zero-order valence-electron chi connectivity index (χ0n) is 14.5. The predicted molar refractivity (Wildman–Crippen MR) is 94.4 cm³/mol. The molecule has 2 aromatic rings. The van der Waals surface area contributed by atoms with E-state index >= 15 is 0 Å². The van der Waals surface area contributed by atoms with Crippen LogP contribution in [0, 0.1) is 12.8 Å². The van der Waals surface area contributed by atoms with Crippen LogP contribution in [-0.2, 0) is 11.3 Å². The van der Waals surface area contributed by atoms with Gasteiger partial charge in [0, 0.05) is 5.92 Å². The Kier molecular flexibility index (Phi) is 5.36. The number of nitrogens with one attached hydrogen (secondary N) is 1. The van der Waals surface area contributed by atoms with Gasteiger partial charge in [0.25, 0.3) is 0 Å². The van der Waals surface area contributed by atoms with Crippen LogP contribution in [-0.4, -0.2) is 23.9 Å². The quantitative estimate of drug-likeness (QED) is 0.912. The number of amides is 1. The summed E-state index contributed by atoms with van der Waals surface area (Å²) < 4.78 is 5.64. The van der Waals surface area contributed by atoms with Crippen molar-refractivity contribution in [3.8, 4) is 0 Å². The summed E-state index contributed by atoms with van der Waals surface area (Å²) in [5.74, 6) is 2.26. The number of rotatable bonds is 5. The highest BCUT2D eigenvalue weighted by atomic mass is 16.3. The van der Waals surface area contributed by atoms with Crippen LogP contribution in [0.25, 0.3) is 0 Å². The van der Waals surface area contributed by atoms with Gasteiger partial charge in [-0.15, -0.1) is 0 Å². The van der Waals surface area contributed by atoms with E-state index in [1.165, 1.54) is 0 Å². The first-order valence-electron chi connectivity index (χ1n) is 8.75. The zero-order valence-corrected chi connectivity index (χ0v) is 14.5. The van der Waals surface area contributed by atoms with Gasteiger partial charge in [0.1, 0.15) is 11.5 Å². The van der Waals surface area contributed by atoms with E-state index in [9.17, 15) is 4.79 Å². The minimum absolute atomic E-state index is 0.0582. The van der Waals surface area contributed by atoms with Crippen LogP contribution in [0.15, 0.2) is 46.9 Å². The molecule has 2 heterocycles. The summed E-state index contributed by atoms with van der Waals surface area (Å²) in [7, 11) is 0. The molecule has 24 heavy (non-hydrogen) atoms. The van der Waals surface area contributed by atoms with Gasteiger partial charge in [-0.2, -0.15) is 0 Å². The number of hydrogen-bond donors (Lipinski definition) is 1. The van der Waals surface area contributed by atoms with E-state index in [1.807, 2.05) is 44.2 Å². The fourth-order valence-corrected chi connectivity index (χ4v) is 3.30. The summed E-state index contributed by atoms with van der Waals surface area (Å²) in [5, 5.41) is 3.16. The molecule has 3 rings (SSSR count). The summed E-state index contributed by atoms with van der Waals surface area (Å²) in [6.45, 7) is 6.73. The molecule has 1 atom stereocenters. The third-order valence-electron chi connectivity index (χ3n) is 4.79. The van der Waals surface area contributed by atoms with Crippen LogP contribution in [0.3, 0.4) is 0 Å². The van der Waals surface area contributed by atoms with Gasteiger partial charge in [-0.3, -0.25) is 9.69 Å². The summed E-state index contributed by atoms with van der Waals surface area (Å²) in [6.07, 6.45) is 1.82. The number of hydrogen-bond acceptors (Lipinski definition) is 3. The summed E-state index contributed by atoms with van der Waals surface area (Å²) in [5.41, 5.74) is 1.15. The average Bonchev–Trinajstić information content (AvgIpc) is 3.01. The number of aryl methyl sites for hydroxylation is 1. The summed E-state index contributed by atoms with van der Waals surface area (Å²) >= 11 is 0. The van der Waals surface area contributed by atoms with Crippen molar-refractivity contribution in [1.29, 1.82) is 0 Å². The molecule has 4 heteroatoms. The second kappa shape index (κ2) is 7.67. The van der Waals surface area contributed by atoms with Crippen LogP contribution in [0.4, 0.5) is 0 Å². The van der Waals surface area contributed by atoms with Crippen LogP contribution in [0.1, 0.15) is 42.9 Å². The van der Waals surface area contributed by atoms with E-state index in [2.05, 4.69) is 22.3 Å². The Morgan fingerprint density at radius 1 is 1.21 bits per heavy atom. The van der Waals surface area contributed by atoms with Crippen molar-refractivity contribution in [2.45, 2.75) is 39.3 Å². The third kappa shape index (κ3) is 4.26. The topological polar surface area (TPSA) is 45.5 Å². The van der Waals surface area contributed by atoms with Gasteiger partial charge in [0.2, 0.25) is 5.91 Å². The molecule has 4 nitrogen and oxygen atoms in total. The second-order valence-electron chi connectivity index (χ2n) is 6.70. The molecule has 1 aliphatic heterocycles. The Balaban J connectivity index is 1.46. The molecule has 1 aromatic heterocycles. The Hall–Kier alpha value is -2.07. The molecule has 0 saturated carbocycles. The Labute approximate surface area is 143 Å². The number of carbonyl (C=O) groups excluding carboxylic acids is 1. The molecule has 0 aliphatic carbocycles. The van der Waals surface area contributed by atoms with E-state index in [0.717, 1.165) is 49.6 Å². The number of benzene rings is 1. The highest BCUT2D eigenvalue weighted by molar-refractivity contribution is 5.79. The largest absolute Gasteiger partial charge is 0.465 e. The molecule has 1 fully saturated rings. The first-order valence-corrected chi connectivity index (χ1v) is 8.75. The van der Waals surface area contributed by atoms with Gasteiger partial charge in [0.05, 0.1) is 12.6 Å². The fraction of sp³-hybridized carbons (Fsp3) is 0.450. The normalized spacial score (nSPS) is 17.6.